The number of anilines is 3. The number of aromatic nitrogens is 1. The first kappa shape index (κ1) is 26.2. The molecule has 0 fully saturated rings. The summed E-state index contributed by atoms with van der Waals surface area (Å²) in [7, 11) is -6.83. The van der Waals surface area contributed by atoms with E-state index in [-0.39, 0.29) is 0 Å². The SMILES string of the molecule is Cc1ccc2c(c1)P(=O)(c1ccccc1)c1cc(-c3cccnc3)cc3c1N2c1ccc(C)cc1P3(=O)c1ccccc1. The number of nitrogens with zero attached hydrogens (tertiary/aromatic N) is 2. The van der Waals surface area contributed by atoms with E-state index in [9.17, 15) is 0 Å². The van der Waals surface area contributed by atoms with Gasteiger partial charge in [-0.05, 0) is 61.9 Å². The van der Waals surface area contributed by atoms with Gasteiger partial charge in [0.1, 0.15) is 0 Å². The fraction of sp³-hybridized carbons (Fsp3) is 0.0541. The summed E-state index contributed by atoms with van der Waals surface area (Å²) < 4.78 is 32.1. The number of hydrogen-bond acceptors (Lipinski definition) is 4. The van der Waals surface area contributed by atoms with Crippen molar-refractivity contribution >= 4 is 63.2 Å². The summed E-state index contributed by atoms with van der Waals surface area (Å²) in [5.74, 6) is 0. The molecule has 3 heterocycles. The first-order chi connectivity index (χ1) is 20.9. The summed E-state index contributed by atoms with van der Waals surface area (Å²) in [6.45, 7) is 4.08. The minimum absolute atomic E-state index is 0.704. The minimum Gasteiger partial charge on any atom is -0.308 e. The van der Waals surface area contributed by atoms with Crippen LogP contribution < -0.4 is 36.7 Å². The molecule has 2 aliphatic rings. The van der Waals surface area contributed by atoms with Crippen LogP contribution in [0, 0.1) is 13.8 Å². The monoisotopic (exact) mass is 594 g/mol. The molecule has 2 unspecified atom stereocenters. The highest BCUT2D eigenvalue weighted by atomic mass is 31.2. The molecule has 0 radical (unpaired) electrons. The average molecular weight is 595 g/mol. The molecule has 1 aromatic heterocycles. The molecule has 2 aliphatic heterocycles. The molecular weight excluding hydrogens is 566 g/mol. The second kappa shape index (κ2) is 9.51. The number of pyridine rings is 1. The summed E-state index contributed by atoms with van der Waals surface area (Å²) in [6, 6.07) is 40.0. The van der Waals surface area contributed by atoms with Gasteiger partial charge in [0.05, 0.1) is 17.1 Å². The van der Waals surface area contributed by atoms with Crippen molar-refractivity contribution in [3.63, 3.8) is 0 Å². The second-order valence-corrected chi connectivity index (χ2v) is 16.7. The van der Waals surface area contributed by atoms with Crippen LogP contribution in [-0.4, -0.2) is 4.98 Å². The quantitative estimate of drug-likeness (QED) is 0.213. The van der Waals surface area contributed by atoms with Crippen LogP contribution in [0.5, 0.6) is 0 Å². The smallest absolute Gasteiger partial charge is 0.175 e. The zero-order valence-corrected chi connectivity index (χ0v) is 25.6. The molecule has 0 bridgehead atoms. The Morgan fingerprint density at radius 1 is 0.535 bits per heavy atom. The van der Waals surface area contributed by atoms with Gasteiger partial charge in [0, 0.05) is 49.8 Å². The number of rotatable bonds is 3. The van der Waals surface area contributed by atoms with Crippen molar-refractivity contribution < 1.29 is 9.13 Å². The second-order valence-electron chi connectivity index (χ2n) is 11.3. The maximum absolute atomic E-state index is 16.0. The normalized spacial score (nSPS) is 19.7. The Balaban J connectivity index is 1.60. The first-order valence-electron chi connectivity index (χ1n) is 14.3. The molecule has 6 aromatic rings. The van der Waals surface area contributed by atoms with Crippen molar-refractivity contribution in [3.8, 4) is 11.1 Å². The number of hydrogen-bond donors (Lipinski definition) is 0. The molecular formula is C37H28N2O2P2. The lowest BCUT2D eigenvalue weighted by molar-refractivity contribution is 0.592. The summed E-state index contributed by atoms with van der Waals surface area (Å²) in [6.07, 6.45) is 3.56. The van der Waals surface area contributed by atoms with Crippen LogP contribution in [0.2, 0.25) is 0 Å². The Bertz CT molecular complexity index is 2030. The maximum atomic E-state index is 16.0. The largest absolute Gasteiger partial charge is 0.308 e. The van der Waals surface area contributed by atoms with Crippen LogP contribution in [0.15, 0.2) is 134 Å². The van der Waals surface area contributed by atoms with Gasteiger partial charge in [-0.1, -0.05) is 90.0 Å². The van der Waals surface area contributed by atoms with Gasteiger partial charge in [0.25, 0.3) is 0 Å². The van der Waals surface area contributed by atoms with Gasteiger partial charge in [0.2, 0.25) is 0 Å². The highest BCUT2D eigenvalue weighted by Crippen LogP contribution is 2.61. The van der Waals surface area contributed by atoms with Crippen LogP contribution in [-0.2, 0) is 9.13 Å². The molecule has 0 aliphatic carbocycles. The predicted molar refractivity (Wildman–Crippen MR) is 180 cm³/mol. The zero-order chi connectivity index (χ0) is 29.3. The number of aryl methyl sites for hydroxylation is 2. The maximum Gasteiger partial charge on any atom is 0.175 e. The van der Waals surface area contributed by atoms with Gasteiger partial charge in [-0.3, -0.25) is 4.98 Å². The molecule has 0 spiro atoms. The minimum atomic E-state index is -3.42. The summed E-state index contributed by atoms with van der Waals surface area (Å²) in [5, 5.41) is 4.52. The molecule has 0 amide bonds. The van der Waals surface area contributed by atoms with E-state index < -0.39 is 14.3 Å². The van der Waals surface area contributed by atoms with Gasteiger partial charge in [0.15, 0.2) is 14.3 Å². The van der Waals surface area contributed by atoms with Gasteiger partial charge >= 0.3 is 0 Å². The van der Waals surface area contributed by atoms with Gasteiger partial charge in [-0.2, -0.15) is 0 Å². The lowest BCUT2D eigenvalue weighted by Gasteiger charge is -2.44. The molecule has 0 N–H and O–H groups in total. The third-order valence-corrected chi connectivity index (χ3v) is 14.8. The Morgan fingerprint density at radius 3 is 1.51 bits per heavy atom. The standard InChI is InChI=1S/C37H28N2O2P2/c1-25-15-17-31-33(20-25)42(40,29-11-5-3-6-12-29)35-22-28(27-10-9-19-38-24-27)23-36-37(35)39(31)32-18-16-26(2)21-34(32)43(36,41)30-13-7-4-8-14-30/h3-24H,1-2H3. The molecule has 5 aromatic carbocycles. The van der Waals surface area contributed by atoms with Crippen LogP contribution in [0.1, 0.15) is 11.1 Å². The lowest BCUT2D eigenvalue weighted by atomic mass is 10.1. The van der Waals surface area contributed by atoms with E-state index in [1.54, 1.807) is 6.20 Å². The van der Waals surface area contributed by atoms with E-state index >= 15 is 9.13 Å². The van der Waals surface area contributed by atoms with Crippen LogP contribution in [0.25, 0.3) is 11.1 Å². The van der Waals surface area contributed by atoms with E-state index in [0.29, 0.717) is 10.6 Å². The number of fused-ring (bicyclic) bond motifs is 4. The molecule has 4 nitrogen and oxygen atoms in total. The fourth-order valence-electron chi connectivity index (χ4n) is 6.63. The molecule has 0 saturated heterocycles. The van der Waals surface area contributed by atoms with E-state index in [1.807, 2.05) is 92.8 Å². The van der Waals surface area contributed by atoms with E-state index in [4.69, 9.17) is 0 Å². The third-order valence-electron chi connectivity index (χ3n) is 8.63. The third kappa shape index (κ3) is 3.67. The highest BCUT2D eigenvalue weighted by Gasteiger charge is 2.50. The predicted octanol–water partition coefficient (Wildman–Crippen LogP) is 6.74. The van der Waals surface area contributed by atoms with E-state index in [0.717, 1.165) is 60.5 Å². The zero-order valence-electron chi connectivity index (χ0n) is 23.8. The molecule has 8 rings (SSSR count). The van der Waals surface area contributed by atoms with Crippen molar-refractivity contribution in [2.45, 2.75) is 13.8 Å². The van der Waals surface area contributed by atoms with Crippen LogP contribution in [0.3, 0.4) is 0 Å². The van der Waals surface area contributed by atoms with Crippen molar-refractivity contribution in [2.24, 2.45) is 0 Å². The van der Waals surface area contributed by atoms with Gasteiger partial charge in [-0.15, -0.1) is 0 Å². The lowest BCUT2D eigenvalue weighted by Crippen LogP contribution is -2.46. The average Bonchev–Trinajstić information content (AvgIpc) is 3.05. The molecule has 6 heteroatoms. The molecule has 2 atom stereocenters. The van der Waals surface area contributed by atoms with E-state index in [2.05, 4.69) is 58.4 Å². The Kier molecular flexibility index (Phi) is 5.79. The molecule has 43 heavy (non-hydrogen) atoms. The Labute approximate surface area is 251 Å². The topological polar surface area (TPSA) is 50.3 Å². The summed E-state index contributed by atoms with van der Waals surface area (Å²) in [4.78, 5) is 6.60. The van der Waals surface area contributed by atoms with E-state index in [1.165, 1.54) is 0 Å². The molecule has 208 valence electrons. The van der Waals surface area contributed by atoms with Crippen molar-refractivity contribution in [2.75, 3.05) is 4.90 Å². The van der Waals surface area contributed by atoms with Gasteiger partial charge < -0.3 is 14.0 Å². The Morgan fingerprint density at radius 2 is 1.05 bits per heavy atom. The highest BCUT2D eigenvalue weighted by molar-refractivity contribution is 7.88. The number of benzene rings is 5. The Hall–Kier alpha value is -4.49. The fourth-order valence-corrected chi connectivity index (χ4v) is 13.0. The molecule has 0 saturated carbocycles. The van der Waals surface area contributed by atoms with Gasteiger partial charge in [-0.25, -0.2) is 0 Å². The van der Waals surface area contributed by atoms with Crippen LogP contribution in [0.4, 0.5) is 17.1 Å². The summed E-state index contributed by atoms with van der Waals surface area (Å²) >= 11 is 0. The first-order valence-corrected chi connectivity index (χ1v) is 17.8. The van der Waals surface area contributed by atoms with Crippen molar-refractivity contribution in [1.29, 1.82) is 0 Å². The summed E-state index contributed by atoms with van der Waals surface area (Å²) in [5.41, 5.74) is 6.31. The van der Waals surface area contributed by atoms with Crippen molar-refractivity contribution in [1.82, 2.24) is 4.98 Å². The van der Waals surface area contributed by atoms with Crippen LogP contribution >= 0.6 is 14.3 Å². The van der Waals surface area contributed by atoms with Crippen molar-refractivity contribution in [3.05, 3.63) is 145 Å².